The molecule has 0 saturated carbocycles. The normalized spacial score (nSPS) is 10.5. The van der Waals surface area contributed by atoms with Crippen molar-refractivity contribution in [2.75, 3.05) is 0 Å². The first-order valence-electron chi connectivity index (χ1n) is 7.06. The number of hydrogen-bond donors (Lipinski definition) is 2. The summed E-state index contributed by atoms with van der Waals surface area (Å²) in [7, 11) is 0. The number of nitrogens with one attached hydrogen (secondary N) is 1. The third-order valence-electron chi connectivity index (χ3n) is 3.73. The maximum absolute atomic E-state index is 11.1. The topological polar surface area (TPSA) is 71.0 Å². The van der Waals surface area contributed by atoms with Crippen LogP contribution in [0.3, 0.4) is 0 Å². The highest BCUT2D eigenvalue weighted by Gasteiger charge is 2.12. The Morgan fingerprint density at radius 3 is 2.17 bits per heavy atom. The van der Waals surface area contributed by atoms with E-state index >= 15 is 0 Å². The number of aliphatic carboxylic acids is 1. The lowest BCUT2D eigenvalue weighted by Crippen LogP contribution is -2.27. The van der Waals surface area contributed by atoms with Gasteiger partial charge in [-0.1, -0.05) is 42.0 Å². The van der Waals surface area contributed by atoms with E-state index in [2.05, 4.69) is 0 Å². The van der Waals surface area contributed by atoms with Gasteiger partial charge in [0.15, 0.2) is 0 Å². The fourth-order valence-electron chi connectivity index (χ4n) is 2.63. The number of aromatic nitrogens is 2. The van der Waals surface area contributed by atoms with Crippen molar-refractivity contribution in [3.8, 4) is 0 Å². The summed E-state index contributed by atoms with van der Waals surface area (Å²) in [6, 6.07) is 15.7. The molecule has 0 saturated heterocycles. The van der Waals surface area contributed by atoms with Gasteiger partial charge in [-0.15, -0.1) is 17.0 Å². The summed E-state index contributed by atoms with van der Waals surface area (Å²) in [6.07, 6.45) is 0. The standard InChI is InChI=1S/C17H17N3O2.BrH/c1-12-6-8-13(9-7-12)10-19-14-4-2-3-5-15(14)20(17(19)18)11-16(21)22;/h2-9,18H,10-11H2,1H3,(H,21,22);1H. The Labute approximate surface area is 144 Å². The smallest absolute Gasteiger partial charge is 0.323 e. The molecule has 120 valence electrons. The molecule has 23 heavy (non-hydrogen) atoms. The first-order chi connectivity index (χ1) is 10.6. The summed E-state index contributed by atoms with van der Waals surface area (Å²) >= 11 is 0. The Kier molecular flexibility index (Phi) is 5.05. The SMILES string of the molecule is Br.Cc1ccc(Cn2c(=N)n(CC(=O)O)c3ccccc32)cc1. The Hall–Kier alpha value is -2.34. The summed E-state index contributed by atoms with van der Waals surface area (Å²) in [5.41, 5.74) is 4.11. The molecule has 0 radical (unpaired) electrons. The highest BCUT2D eigenvalue weighted by atomic mass is 79.9. The summed E-state index contributed by atoms with van der Waals surface area (Å²) in [5, 5.41) is 17.4. The van der Waals surface area contributed by atoms with Crippen molar-refractivity contribution in [2.45, 2.75) is 20.0 Å². The van der Waals surface area contributed by atoms with Gasteiger partial charge in [-0.05, 0) is 24.6 Å². The van der Waals surface area contributed by atoms with Crippen molar-refractivity contribution >= 4 is 34.0 Å². The van der Waals surface area contributed by atoms with Crippen LogP contribution in [0.5, 0.6) is 0 Å². The largest absolute Gasteiger partial charge is 0.480 e. The number of benzene rings is 2. The summed E-state index contributed by atoms with van der Waals surface area (Å²) in [5.74, 6) is -0.947. The third kappa shape index (κ3) is 3.37. The van der Waals surface area contributed by atoms with Crippen LogP contribution < -0.4 is 5.62 Å². The minimum absolute atomic E-state index is 0. The number of halogens is 1. The van der Waals surface area contributed by atoms with Crippen LogP contribution in [0.2, 0.25) is 0 Å². The molecule has 2 aromatic carbocycles. The monoisotopic (exact) mass is 375 g/mol. The van der Waals surface area contributed by atoms with Crippen LogP contribution in [0.15, 0.2) is 48.5 Å². The second-order valence-corrected chi connectivity index (χ2v) is 5.36. The maximum Gasteiger partial charge on any atom is 0.323 e. The van der Waals surface area contributed by atoms with Crippen LogP contribution >= 0.6 is 17.0 Å². The van der Waals surface area contributed by atoms with E-state index in [-0.39, 0.29) is 29.1 Å². The second kappa shape index (κ2) is 6.83. The van der Waals surface area contributed by atoms with Crippen molar-refractivity contribution in [1.82, 2.24) is 9.13 Å². The van der Waals surface area contributed by atoms with Crippen LogP contribution in [0.4, 0.5) is 0 Å². The molecule has 6 heteroatoms. The van der Waals surface area contributed by atoms with Crippen molar-refractivity contribution in [3.63, 3.8) is 0 Å². The van der Waals surface area contributed by atoms with E-state index < -0.39 is 5.97 Å². The fraction of sp³-hybridized carbons (Fsp3) is 0.176. The zero-order valence-electron chi connectivity index (χ0n) is 12.7. The Balaban J connectivity index is 0.00000192. The Bertz CT molecular complexity index is 894. The van der Waals surface area contributed by atoms with E-state index in [4.69, 9.17) is 10.5 Å². The predicted octanol–water partition coefficient (Wildman–Crippen LogP) is 2.94. The molecule has 0 aliphatic rings. The number of carboxylic acid groups (broad SMARTS) is 1. The molecule has 0 unspecified atom stereocenters. The summed E-state index contributed by atoms with van der Waals surface area (Å²) in [6.45, 7) is 2.37. The molecular weight excluding hydrogens is 358 g/mol. The van der Waals surface area contributed by atoms with E-state index in [0.29, 0.717) is 6.54 Å². The van der Waals surface area contributed by atoms with Gasteiger partial charge in [0.1, 0.15) is 6.54 Å². The van der Waals surface area contributed by atoms with Gasteiger partial charge in [-0.25, -0.2) is 0 Å². The lowest BCUT2D eigenvalue weighted by Gasteiger charge is -2.05. The number of hydrogen-bond acceptors (Lipinski definition) is 2. The lowest BCUT2D eigenvalue weighted by atomic mass is 10.1. The van der Waals surface area contributed by atoms with Crippen molar-refractivity contribution in [1.29, 1.82) is 5.41 Å². The number of carboxylic acids is 1. The molecule has 0 fully saturated rings. The first-order valence-corrected chi connectivity index (χ1v) is 7.06. The number of fused-ring (bicyclic) bond motifs is 1. The Morgan fingerprint density at radius 2 is 1.61 bits per heavy atom. The molecule has 2 N–H and O–H groups in total. The van der Waals surface area contributed by atoms with Gasteiger partial charge in [-0.2, -0.15) is 0 Å². The average molecular weight is 376 g/mol. The molecule has 5 nitrogen and oxygen atoms in total. The van der Waals surface area contributed by atoms with Gasteiger partial charge < -0.3 is 9.67 Å². The van der Waals surface area contributed by atoms with Crippen LogP contribution in [-0.2, 0) is 17.9 Å². The van der Waals surface area contributed by atoms with Gasteiger partial charge in [-0.3, -0.25) is 14.8 Å². The van der Waals surface area contributed by atoms with Gasteiger partial charge in [0.25, 0.3) is 0 Å². The molecule has 1 heterocycles. The molecule has 0 aliphatic heterocycles. The van der Waals surface area contributed by atoms with Crippen molar-refractivity contribution < 1.29 is 9.90 Å². The fourth-order valence-corrected chi connectivity index (χ4v) is 2.63. The van der Waals surface area contributed by atoms with Crippen LogP contribution in [-0.4, -0.2) is 20.2 Å². The predicted molar refractivity (Wildman–Crippen MR) is 94.0 cm³/mol. The number of aryl methyl sites for hydroxylation is 1. The molecule has 3 rings (SSSR count). The quantitative estimate of drug-likeness (QED) is 0.735. The summed E-state index contributed by atoms with van der Waals surface area (Å²) in [4.78, 5) is 11.1. The molecule has 0 spiro atoms. The average Bonchev–Trinajstić information content (AvgIpc) is 2.75. The van der Waals surface area contributed by atoms with E-state index in [0.717, 1.165) is 16.6 Å². The van der Waals surface area contributed by atoms with Gasteiger partial charge in [0.2, 0.25) is 5.62 Å². The third-order valence-corrected chi connectivity index (χ3v) is 3.73. The first kappa shape index (κ1) is 17.0. The molecule has 0 amide bonds. The molecule has 0 atom stereocenters. The number of nitrogens with zero attached hydrogens (tertiary/aromatic N) is 2. The van der Waals surface area contributed by atoms with E-state index in [1.54, 1.807) is 0 Å². The Morgan fingerprint density at radius 1 is 1.04 bits per heavy atom. The van der Waals surface area contributed by atoms with E-state index in [1.807, 2.05) is 60.0 Å². The van der Waals surface area contributed by atoms with Crippen molar-refractivity contribution in [3.05, 3.63) is 65.3 Å². The molecule has 3 aromatic rings. The van der Waals surface area contributed by atoms with Crippen LogP contribution in [0, 0.1) is 12.3 Å². The number of rotatable bonds is 4. The molecule has 1 aromatic heterocycles. The number of carbonyl (C=O) groups is 1. The number of imidazole rings is 1. The minimum Gasteiger partial charge on any atom is -0.480 e. The van der Waals surface area contributed by atoms with Crippen molar-refractivity contribution in [2.24, 2.45) is 0 Å². The zero-order chi connectivity index (χ0) is 15.7. The van der Waals surface area contributed by atoms with Gasteiger partial charge in [0.05, 0.1) is 17.6 Å². The second-order valence-electron chi connectivity index (χ2n) is 5.36. The lowest BCUT2D eigenvalue weighted by molar-refractivity contribution is -0.137. The van der Waals surface area contributed by atoms with E-state index in [9.17, 15) is 4.79 Å². The highest BCUT2D eigenvalue weighted by Crippen LogP contribution is 2.14. The highest BCUT2D eigenvalue weighted by molar-refractivity contribution is 8.93. The van der Waals surface area contributed by atoms with Crippen LogP contribution in [0.1, 0.15) is 11.1 Å². The minimum atomic E-state index is -0.947. The molecular formula is C17H18BrN3O2. The molecule has 0 aliphatic carbocycles. The maximum atomic E-state index is 11.1. The van der Waals surface area contributed by atoms with Crippen LogP contribution in [0.25, 0.3) is 11.0 Å². The number of para-hydroxylation sites is 2. The van der Waals surface area contributed by atoms with E-state index in [1.165, 1.54) is 10.1 Å². The molecule has 0 bridgehead atoms. The zero-order valence-corrected chi connectivity index (χ0v) is 14.4. The van der Waals surface area contributed by atoms with Gasteiger partial charge in [0, 0.05) is 0 Å². The van der Waals surface area contributed by atoms with Gasteiger partial charge >= 0.3 is 5.97 Å². The summed E-state index contributed by atoms with van der Waals surface area (Å²) < 4.78 is 3.36.